The lowest BCUT2D eigenvalue weighted by atomic mass is 9.88. The van der Waals surface area contributed by atoms with Crippen LogP contribution in [-0.4, -0.2) is 23.5 Å². The molecule has 0 saturated carbocycles. The molecule has 1 aromatic carbocycles. The van der Waals surface area contributed by atoms with E-state index in [-0.39, 0.29) is 12.5 Å². The summed E-state index contributed by atoms with van der Waals surface area (Å²) in [6, 6.07) is 7.15. The Hall–Kier alpha value is -1.81. The van der Waals surface area contributed by atoms with E-state index in [4.69, 9.17) is 16.7 Å². The maximum Gasteiger partial charge on any atom is 0.311 e. The van der Waals surface area contributed by atoms with Crippen LogP contribution in [0.3, 0.4) is 0 Å². The van der Waals surface area contributed by atoms with Crippen molar-refractivity contribution in [2.24, 2.45) is 5.41 Å². The molecular formula is C15H18ClNO3. The van der Waals surface area contributed by atoms with E-state index in [9.17, 15) is 9.59 Å². The van der Waals surface area contributed by atoms with E-state index in [2.05, 4.69) is 5.32 Å². The van der Waals surface area contributed by atoms with E-state index < -0.39 is 11.4 Å². The molecule has 0 aliphatic heterocycles. The van der Waals surface area contributed by atoms with Crippen LogP contribution in [0.2, 0.25) is 5.02 Å². The summed E-state index contributed by atoms with van der Waals surface area (Å²) in [7, 11) is 0. The Morgan fingerprint density at radius 2 is 2.05 bits per heavy atom. The normalized spacial score (nSPS) is 13.9. The molecule has 0 aromatic heterocycles. The predicted molar refractivity (Wildman–Crippen MR) is 79.5 cm³/mol. The van der Waals surface area contributed by atoms with Crippen LogP contribution in [0.1, 0.15) is 25.8 Å². The highest BCUT2D eigenvalue weighted by atomic mass is 35.5. The predicted octanol–water partition coefficient (Wildman–Crippen LogP) is 2.97. The summed E-state index contributed by atoms with van der Waals surface area (Å²) in [5.74, 6) is -1.26. The molecule has 0 radical (unpaired) electrons. The topological polar surface area (TPSA) is 66.4 Å². The SMILES string of the molecule is CCC(C)(CNC(=O)/C=C/c1ccccc1Cl)C(=O)O. The largest absolute Gasteiger partial charge is 0.481 e. The van der Waals surface area contributed by atoms with Crippen molar-refractivity contribution < 1.29 is 14.7 Å². The molecule has 1 amide bonds. The Morgan fingerprint density at radius 3 is 2.60 bits per heavy atom. The van der Waals surface area contributed by atoms with Gasteiger partial charge in [-0.25, -0.2) is 0 Å². The highest BCUT2D eigenvalue weighted by molar-refractivity contribution is 6.32. The fourth-order valence-corrected chi connectivity index (χ4v) is 1.67. The molecule has 0 bridgehead atoms. The van der Waals surface area contributed by atoms with E-state index in [0.29, 0.717) is 11.4 Å². The molecule has 5 heteroatoms. The summed E-state index contributed by atoms with van der Waals surface area (Å²) >= 11 is 5.96. The molecular weight excluding hydrogens is 278 g/mol. The fourth-order valence-electron chi connectivity index (χ4n) is 1.47. The molecule has 0 spiro atoms. The van der Waals surface area contributed by atoms with Gasteiger partial charge in [0.25, 0.3) is 0 Å². The third-order valence-electron chi connectivity index (χ3n) is 3.27. The molecule has 4 nitrogen and oxygen atoms in total. The number of carbonyl (C=O) groups is 2. The molecule has 2 N–H and O–H groups in total. The van der Waals surface area contributed by atoms with Gasteiger partial charge in [0.1, 0.15) is 0 Å². The monoisotopic (exact) mass is 295 g/mol. The second kappa shape index (κ2) is 7.10. The molecule has 0 aliphatic carbocycles. The standard InChI is InChI=1S/C15H18ClNO3/c1-3-15(2,14(19)20)10-17-13(18)9-8-11-6-4-5-7-12(11)16/h4-9H,3,10H2,1-2H3,(H,17,18)(H,19,20)/b9-8+. The zero-order valence-electron chi connectivity index (χ0n) is 11.5. The van der Waals surface area contributed by atoms with Crippen molar-refractivity contribution in [3.05, 3.63) is 40.9 Å². The van der Waals surface area contributed by atoms with Gasteiger partial charge < -0.3 is 10.4 Å². The van der Waals surface area contributed by atoms with Gasteiger partial charge in [-0.3, -0.25) is 9.59 Å². The average Bonchev–Trinajstić information content (AvgIpc) is 2.43. The van der Waals surface area contributed by atoms with E-state index in [1.807, 2.05) is 6.07 Å². The van der Waals surface area contributed by atoms with Crippen LogP contribution in [-0.2, 0) is 9.59 Å². The maximum absolute atomic E-state index is 11.7. The molecule has 0 aliphatic rings. The minimum Gasteiger partial charge on any atom is -0.481 e. The minimum absolute atomic E-state index is 0.0878. The van der Waals surface area contributed by atoms with Crippen LogP contribution in [0.4, 0.5) is 0 Å². The summed E-state index contributed by atoms with van der Waals surface area (Å²) < 4.78 is 0. The van der Waals surface area contributed by atoms with Gasteiger partial charge in [0.15, 0.2) is 0 Å². The Bertz CT molecular complexity index is 528. The summed E-state index contributed by atoms with van der Waals surface area (Å²) in [5, 5.41) is 12.3. The maximum atomic E-state index is 11.7. The van der Waals surface area contributed by atoms with Gasteiger partial charge in [-0.2, -0.15) is 0 Å². The Labute approximate surface area is 123 Å². The van der Waals surface area contributed by atoms with Crippen molar-refractivity contribution >= 4 is 29.6 Å². The molecule has 0 fully saturated rings. The molecule has 0 heterocycles. The van der Waals surface area contributed by atoms with Crippen LogP contribution in [0.25, 0.3) is 6.08 Å². The zero-order valence-corrected chi connectivity index (χ0v) is 12.3. The number of hydrogen-bond donors (Lipinski definition) is 2. The molecule has 1 unspecified atom stereocenters. The number of carboxylic acid groups (broad SMARTS) is 1. The average molecular weight is 296 g/mol. The highest BCUT2D eigenvalue weighted by Gasteiger charge is 2.31. The van der Waals surface area contributed by atoms with E-state index in [1.165, 1.54) is 6.08 Å². The number of benzene rings is 1. The quantitative estimate of drug-likeness (QED) is 0.793. The summed E-state index contributed by atoms with van der Waals surface area (Å²) in [5.41, 5.74) is -0.214. The number of halogens is 1. The van der Waals surface area contributed by atoms with Crippen LogP contribution in [0.5, 0.6) is 0 Å². The van der Waals surface area contributed by atoms with Crippen LogP contribution in [0, 0.1) is 5.41 Å². The first-order chi connectivity index (χ1) is 9.39. The van der Waals surface area contributed by atoms with Gasteiger partial charge >= 0.3 is 5.97 Å². The zero-order chi connectivity index (χ0) is 15.2. The van der Waals surface area contributed by atoms with E-state index in [0.717, 1.165) is 5.56 Å². The summed E-state index contributed by atoms with van der Waals surface area (Å²) in [4.78, 5) is 22.8. The van der Waals surface area contributed by atoms with E-state index >= 15 is 0 Å². The van der Waals surface area contributed by atoms with Crippen molar-refractivity contribution in [3.8, 4) is 0 Å². The highest BCUT2D eigenvalue weighted by Crippen LogP contribution is 2.20. The second-order valence-corrected chi connectivity index (χ2v) is 5.20. The molecule has 108 valence electrons. The lowest BCUT2D eigenvalue weighted by molar-refractivity contribution is -0.148. The second-order valence-electron chi connectivity index (χ2n) is 4.79. The molecule has 1 aromatic rings. The van der Waals surface area contributed by atoms with Gasteiger partial charge in [0.2, 0.25) is 5.91 Å². The van der Waals surface area contributed by atoms with Crippen molar-refractivity contribution in [2.45, 2.75) is 20.3 Å². The van der Waals surface area contributed by atoms with Gasteiger partial charge in [0, 0.05) is 17.6 Å². The van der Waals surface area contributed by atoms with Crippen molar-refractivity contribution in [1.29, 1.82) is 0 Å². The number of carboxylic acids is 1. The number of amides is 1. The van der Waals surface area contributed by atoms with Gasteiger partial charge in [-0.1, -0.05) is 36.7 Å². The smallest absolute Gasteiger partial charge is 0.311 e. The Balaban J connectivity index is 2.61. The minimum atomic E-state index is -0.951. The Morgan fingerprint density at radius 1 is 1.40 bits per heavy atom. The first kappa shape index (κ1) is 16.2. The third-order valence-corrected chi connectivity index (χ3v) is 3.61. The van der Waals surface area contributed by atoms with Gasteiger partial charge in [-0.05, 0) is 31.1 Å². The number of rotatable bonds is 6. The Kier molecular flexibility index (Phi) is 5.77. The van der Waals surface area contributed by atoms with Gasteiger partial charge in [-0.15, -0.1) is 0 Å². The summed E-state index contributed by atoms with van der Waals surface area (Å²) in [6.45, 7) is 3.47. The van der Waals surface area contributed by atoms with E-state index in [1.54, 1.807) is 38.1 Å². The van der Waals surface area contributed by atoms with Crippen LogP contribution >= 0.6 is 11.6 Å². The van der Waals surface area contributed by atoms with Crippen molar-refractivity contribution in [1.82, 2.24) is 5.32 Å². The molecule has 0 saturated heterocycles. The fraction of sp³-hybridized carbons (Fsp3) is 0.333. The van der Waals surface area contributed by atoms with Crippen molar-refractivity contribution in [2.75, 3.05) is 6.54 Å². The number of hydrogen-bond acceptors (Lipinski definition) is 2. The molecule has 1 rings (SSSR count). The third kappa shape index (κ3) is 4.38. The number of carbonyl (C=O) groups excluding carboxylic acids is 1. The van der Waals surface area contributed by atoms with Crippen molar-refractivity contribution in [3.63, 3.8) is 0 Å². The van der Waals surface area contributed by atoms with Crippen LogP contribution in [0.15, 0.2) is 30.3 Å². The molecule has 20 heavy (non-hydrogen) atoms. The first-order valence-corrected chi connectivity index (χ1v) is 6.70. The number of nitrogens with one attached hydrogen (secondary N) is 1. The lowest BCUT2D eigenvalue weighted by Crippen LogP contribution is -2.40. The van der Waals surface area contributed by atoms with Gasteiger partial charge in [0.05, 0.1) is 5.41 Å². The summed E-state index contributed by atoms with van der Waals surface area (Å²) in [6.07, 6.45) is 3.39. The lowest BCUT2D eigenvalue weighted by Gasteiger charge is -2.22. The first-order valence-electron chi connectivity index (χ1n) is 6.33. The van der Waals surface area contributed by atoms with Crippen LogP contribution < -0.4 is 5.32 Å². The number of aliphatic carboxylic acids is 1. The molecule has 1 atom stereocenters.